The molecule has 4 heteroatoms. The van der Waals surface area contributed by atoms with Crippen molar-refractivity contribution >= 4 is 11.6 Å². The summed E-state index contributed by atoms with van der Waals surface area (Å²) in [5.41, 5.74) is 1.19. The van der Waals surface area contributed by atoms with Crippen LogP contribution in [-0.2, 0) is 4.79 Å². The van der Waals surface area contributed by atoms with E-state index in [0.29, 0.717) is 11.9 Å². The third-order valence-electron chi connectivity index (χ3n) is 4.32. The molecule has 1 fully saturated rings. The zero-order valence-electron chi connectivity index (χ0n) is 13.4. The van der Waals surface area contributed by atoms with Crippen molar-refractivity contribution in [1.82, 2.24) is 10.2 Å². The van der Waals surface area contributed by atoms with Crippen molar-refractivity contribution in [2.45, 2.75) is 25.8 Å². The van der Waals surface area contributed by atoms with E-state index in [1.807, 2.05) is 30.1 Å². The number of nitrogens with zero attached hydrogens (tertiary/aromatic N) is 2. The lowest BCUT2D eigenvalue weighted by Crippen LogP contribution is -2.44. The lowest BCUT2D eigenvalue weighted by atomic mass is 9.92. The Morgan fingerprint density at radius 1 is 1.24 bits per heavy atom. The van der Waals surface area contributed by atoms with E-state index in [9.17, 15) is 4.79 Å². The Bertz CT molecular complexity index is 449. The van der Waals surface area contributed by atoms with Gasteiger partial charge in [0, 0.05) is 44.8 Å². The van der Waals surface area contributed by atoms with Gasteiger partial charge in [-0.15, -0.1) is 0 Å². The molecule has 4 nitrogen and oxygen atoms in total. The predicted molar refractivity (Wildman–Crippen MR) is 87.5 cm³/mol. The van der Waals surface area contributed by atoms with Crippen molar-refractivity contribution in [3.05, 3.63) is 30.3 Å². The fraction of sp³-hybridized carbons (Fsp3) is 0.588. The standard InChI is InChI=1S/C17H27N3O/c1-14-13-15(9-10-18-14)17(21)20(3)12-11-19(2)16-7-5-4-6-8-16/h4-8,14-15,18H,9-13H2,1-3H3/t14-,15-/m0/s1. The average molecular weight is 289 g/mol. The molecule has 0 spiro atoms. The molecule has 1 amide bonds. The predicted octanol–water partition coefficient (Wildman–Crippen LogP) is 1.97. The van der Waals surface area contributed by atoms with E-state index < -0.39 is 0 Å². The van der Waals surface area contributed by atoms with Crippen molar-refractivity contribution in [2.24, 2.45) is 5.92 Å². The SMILES string of the molecule is C[C@H]1C[C@@H](C(=O)N(C)CCN(C)c2ccccc2)CCN1. The first-order valence-electron chi connectivity index (χ1n) is 7.82. The minimum atomic E-state index is 0.188. The Labute approximate surface area is 128 Å². The summed E-state index contributed by atoms with van der Waals surface area (Å²) in [6.07, 6.45) is 1.92. The summed E-state index contributed by atoms with van der Waals surface area (Å²) in [4.78, 5) is 16.6. The maximum Gasteiger partial charge on any atom is 0.225 e. The smallest absolute Gasteiger partial charge is 0.225 e. The van der Waals surface area contributed by atoms with E-state index in [0.717, 1.165) is 32.5 Å². The van der Waals surface area contributed by atoms with Gasteiger partial charge in [0.25, 0.3) is 0 Å². The van der Waals surface area contributed by atoms with E-state index in [1.165, 1.54) is 5.69 Å². The molecule has 0 unspecified atom stereocenters. The Kier molecular flexibility index (Phi) is 5.62. The first-order valence-corrected chi connectivity index (χ1v) is 7.82. The number of piperidine rings is 1. The van der Waals surface area contributed by atoms with Gasteiger partial charge in [-0.1, -0.05) is 18.2 Å². The number of hydrogen-bond acceptors (Lipinski definition) is 3. The number of para-hydroxylation sites is 1. The third kappa shape index (κ3) is 4.46. The summed E-state index contributed by atoms with van der Waals surface area (Å²) >= 11 is 0. The molecular weight excluding hydrogens is 262 g/mol. The molecule has 1 aromatic rings. The second kappa shape index (κ2) is 7.46. The van der Waals surface area contributed by atoms with E-state index in [2.05, 4.69) is 36.3 Å². The average Bonchev–Trinajstić information content (AvgIpc) is 2.52. The van der Waals surface area contributed by atoms with Crippen LogP contribution in [0.15, 0.2) is 30.3 Å². The first-order chi connectivity index (χ1) is 10.1. The maximum absolute atomic E-state index is 12.5. The zero-order valence-corrected chi connectivity index (χ0v) is 13.4. The molecule has 1 aromatic carbocycles. The molecule has 116 valence electrons. The summed E-state index contributed by atoms with van der Waals surface area (Å²) < 4.78 is 0. The van der Waals surface area contributed by atoms with Gasteiger partial charge >= 0.3 is 0 Å². The Morgan fingerprint density at radius 2 is 1.95 bits per heavy atom. The van der Waals surface area contributed by atoms with E-state index in [-0.39, 0.29) is 5.92 Å². The van der Waals surface area contributed by atoms with E-state index >= 15 is 0 Å². The minimum Gasteiger partial charge on any atom is -0.373 e. The third-order valence-corrected chi connectivity index (χ3v) is 4.32. The van der Waals surface area contributed by atoms with Crippen molar-refractivity contribution in [1.29, 1.82) is 0 Å². The van der Waals surface area contributed by atoms with Gasteiger partial charge in [-0.2, -0.15) is 0 Å². The van der Waals surface area contributed by atoms with Crippen molar-refractivity contribution in [3.8, 4) is 0 Å². The highest BCUT2D eigenvalue weighted by atomic mass is 16.2. The lowest BCUT2D eigenvalue weighted by molar-refractivity contribution is -0.135. The van der Waals surface area contributed by atoms with Crippen molar-refractivity contribution in [2.75, 3.05) is 38.6 Å². The number of likely N-dealkylation sites (N-methyl/N-ethyl adjacent to an activating group) is 2. The topological polar surface area (TPSA) is 35.6 Å². The molecule has 1 aliphatic heterocycles. The molecule has 1 aliphatic rings. The molecule has 0 bridgehead atoms. The second-order valence-corrected chi connectivity index (χ2v) is 6.09. The molecule has 2 atom stereocenters. The zero-order chi connectivity index (χ0) is 15.2. The highest BCUT2D eigenvalue weighted by Gasteiger charge is 2.26. The maximum atomic E-state index is 12.5. The normalized spacial score (nSPS) is 21.9. The van der Waals surface area contributed by atoms with Crippen LogP contribution in [0.1, 0.15) is 19.8 Å². The monoisotopic (exact) mass is 289 g/mol. The Morgan fingerprint density at radius 3 is 2.62 bits per heavy atom. The quantitative estimate of drug-likeness (QED) is 0.900. The summed E-state index contributed by atoms with van der Waals surface area (Å²) in [6.45, 7) is 4.73. The molecular formula is C17H27N3O. The Hall–Kier alpha value is -1.55. The minimum absolute atomic E-state index is 0.188. The fourth-order valence-corrected chi connectivity index (χ4v) is 2.89. The molecule has 1 saturated heterocycles. The number of carbonyl (C=O) groups excluding carboxylic acids is 1. The number of hydrogen-bond donors (Lipinski definition) is 1. The van der Waals surface area contributed by atoms with Gasteiger partial charge in [-0.05, 0) is 38.4 Å². The van der Waals surface area contributed by atoms with Crippen molar-refractivity contribution in [3.63, 3.8) is 0 Å². The van der Waals surface area contributed by atoms with Gasteiger partial charge in [-0.3, -0.25) is 4.79 Å². The molecule has 2 rings (SSSR count). The number of benzene rings is 1. The highest BCUT2D eigenvalue weighted by Crippen LogP contribution is 2.18. The second-order valence-electron chi connectivity index (χ2n) is 6.09. The number of amides is 1. The van der Waals surface area contributed by atoms with Crippen molar-refractivity contribution < 1.29 is 4.79 Å². The number of nitrogens with one attached hydrogen (secondary N) is 1. The molecule has 0 aliphatic carbocycles. The summed E-state index contributed by atoms with van der Waals surface area (Å²) in [5.74, 6) is 0.484. The molecule has 1 N–H and O–H groups in total. The molecule has 21 heavy (non-hydrogen) atoms. The van der Waals surface area contributed by atoms with E-state index in [1.54, 1.807) is 0 Å². The van der Waals surface area contributed by atoms with Crippen LogP contribution in [0.25, 0.3) is 0 Å². The van der Waals surface area contributed by atoms with Gasteiger partial charge in [0.05, 0.1) is 0 Å². The summed E-state index contributed by atoms with van der Waals surface area (Å²) in [5, 5.41) is 3.40. The fourth-order valence-electron chi connectivity index (χ4n) is 2.89. The lowest BCUT2D eigenvalue weighted by Gasteiger charge is -2.31. The van der Waals surface area contributed by atoms with Crippen LogP contribution in [0.2, 0.25) is 0 Å². The first kappa shape index (κ1) is 15.8. The molecule has 0 aromatic heterocycles. The van der Waals surface area contributed by atoms with Gasteiger partial charge in [0.15, 0.2) is 0 Å². The van der Waals surface area contributed by atoms with Crippen LogP contribution < -0.4 is 10.2 Å². The molecule has 0 saturated carbocycles. The van der Waals surface area contributed by atoms with Crippen LogP contribution >= 0.6 is 0 Å². The number of rotatable bonds is 5. The molecule has 1 heterocycles. The van der Waals surface area contributed by atoms with Crippen LogP contribution in [0, 0.1) is 5.92 Å². The van der Waals surface area contributed by atoms with Crippen LogP contribution in [0.3, 0.4) is 0 Å². The summed E-state index contributed by atoms with van der Waals surface area (Å²) in [7, 11) is 3.99. The van der Waals surface area contributed by atoms with Crippen LogP contribution in [-0.4, -0.2) is 50.6 Å². The van der Waals surface area contributed by atoms with Gasteiger partial charge < -0.3 is 15.1 Å². The van der Waals surface area contributed by atoms with Crippen LogP contribution in [0.5, 0.6) is 0 Å². The van der Waals surface area contributed by atoms with Crippen LogP contribution in [0.4, 0.5) is 5.69 Å². The number of anilines is 1. The van der Waals surface area contributed by atoms with Gasteiger partial charge in [0.2, 0.25) is 5.91 Å². The Balaban J connectivity index is 1.81. The van der Waals surface area contributed by atoms with Gasteiger partial charge in [-0.25, -0.2) is 0 Å². The van der Waals surface area contributed by atoms with E-state index in [4.69, 9.17) is 0 Å². The highest BCUT2D eigenvalue weighted by molar-refractivity contribution is 5.78. The number of carbonyl (C=O) groups is 1. The largest absolute Gasteiger partial charge is 0.373 e. The summed E-state index contributed by atoms with van der Waals surface area (Å²) in [6, 6.07) is 10.7. The molecule has 0 radical (unpaired) electrons. The van der Waals surface area contributed by atoms with Gasteiger partial charge in [0.1, 0.15) is 0 Å².